The van der Waals surface area contributed by atoms with Crippen molar-refractivity contribution < 1.29 is 14.3 Å². The fraction of sp³-hybridized carbons (Fsp3) is 0.300. The molecular formula is C20H22N2O3. The fourth-order valence-electron chi connectivity index (χ4n) is 2.58. The minimum atomic E-state index is -0.707. The molecule has 0 saturated heterocycles. The van der Waals surface area contributed by atoms with Gasteiger partial charge in [0.25, 0.3) is 5.91 Å². The van der Waals surface area contributed by atoms with Crippen LogP contribution in [0.25, 0.3) is 0 Å². The van der Waals surface area contributed by atoms with Crippen molar-refractivity contribution in [3.8, 4) is 11.5 Å². The number of para-hydroxylation sites is 2. The Morgan fingerprint density at radius 3 is 2.60 bits per heavy atom. The zero-order valence-electron chi connectivity index (χ0n) is 14.3. The molecule has 1 aliphatic rings. The summed E-state index contributed by atoms with van der Waals surface area (Å²) in [5.41, 5.74) is 4.52. The summed E-state index contributed by atoms with van der Waals surface area (Å²) in [6.45, 7) is 2.31. The third-order valence-corrected chi connectivity index (χ3v) is 3.98. The van der Waals surface area contributed by atoms with Crippen LogP contribution in [0.2, 0.25) is 0 Å². The first kappa shape index (κ1) is 17.0. The summed E-state index contributed by atoms with van der Waals surface area (Å²) < 4.78 is 11.3. The van der Waals surface area contributed by atoms with Crippen molar-refractivity contribution in [1.29, 1.82) is 0 Å². The number of fused-ring (bicyclic) bond motifs is 1. The number of amides is 1. The van der Waals surface area contributed by atoms with Crippen molar-refractivity contribution in [2.24, 2.45) is 5.10 Å². The van der Waals surface area contributed by atoms with E-state index in [0.29, 0.717) is 11.5 Å². The monoisotopic (exact) mass is 338 g/mol. The van der Waals surface area contributed by atoms with E-state index in [1.165, 1.54) is 0 Å². The average molecular weight is 338 g/mol. The van der Waals surface area contributed by atoms with Gasteiger partial charge in [-0.3, -0.25) is 4.79 Å². The van der Waals surface area contributed by atoms with Crippen LogP contribution in [0.4, 0.5) is 0 Å². The van der Waals surface area contributed by atoms with Gasteiger partial charge in [0.05, 0.1) is 5.71 Å². The number of rotatable bonds is 6. The van der Waals surface area contributed by atoms with Crippen LogP contribution in [0.15, 0.2) is 59.7 Å². The van der Waals surface area contributed by atoms with E-state index in [-0.39, 0.29) is 12.5 Å². The van der Waals surface area contributed by atoms with Crippen molar-refractivity contribution >= 4 is 11.6 Å². The number of carbonyl (C=O) groups excluding carboxylic acids is 1. The Morgan fingerprint density at radius 2 is 1.84 bits per heavy atom. The van der Waals surface area contributed by atoms with E-state index in [4.69, 9.17) is 9.47 Å². The highest BCUT2D eigenvalue weighted by molar-refractivity contribution is 6.01. The van der Waals surface area contributed by atoms with Gasteiger partial charge in [-0.25, -0.2) is 5.43 Å². The van der Waals surface area contributed by atoms with Crippen LogP contribution in [0, 0.1) is 0 Å². The SMILES string of the molecule is CCCC/C(=N/NC(=O)C1COc2ccccc2O1)c1ccccc1. The molecule has 5 nitrogen and oxygen atoms in total. The van der Waals surface area contributed by atoms with E-state index in [0.717, 1.165) is 30.5 Å². The molecule has 1 amide bonds. The molecule has 0 aliphatic carbocycles. The number of benzene rings is 2. The first-order valence-corrected chi connectivity index (χ1v) is 8.58. The second kappa shape index (κ2) is 8.33. The van der Waals surface area contributed by atoms with E-state index in [1.54, 1.807) is 6.07 Å². The fourth-order valence-corrected chi connectivity index (χ4v) is 2.58. The Morgan fingerprint density at radius 1 is 1.12 bits per heavy atom. The lowest BCUT2D eigenvalue weighted by Gasteiger charge is -2.24. The maximum Gasteiger partial charge on any atom is 0.284 e. The number of nitrogens with zero attached hydrogens (tertiary/aromatic N) is 1. The zero-order chi connectivity index (χ0) is 17.5. The van der Waals surface area contributed by atoms with Crippen molar-refractivity contribution in [2.45, 2.75) is 32.3 Å². The van der Waals surface area contributed by atoms with Gasteiger partial charge in [0.1, 0.15) is 6.61 Å². The summed E-state index contributed by atoms with van der Waals surface area (Å²) >= 11 is 0. The molecule has 0 fully saturated rings. The minimum Gasteiger partial charge on any atom is -0.485 e. The lowest BCUT2D eigenvalue weighted by atomic mass is 10.1. The molecule has 0 radical (unpaired) electrons. The molecule has 1 aliphatic heterocycles. The largest absolute Gasteiger partial charge is 0.485 e. The van der Waals surface area contributed by atoms with Crippen molar-refractivity contribution in [1.82, 2.24) is 5.43 Å². The molecule has 1 unspecified atom stereocenters. The molecule has 5 heteroatoms. The Bertz CT molecular complexity index is 744. The number of nitrogens with one attached hydrogen (secondary N) is 1. The number of ether oxygens (including phenoxy) is 2. The topological polar surface area (TPSA) is 59.9 Å². The van der Waals surface area contributed by atoms with Crippen LogP contribution >= 0.6 is 0 Å². The first-order chi connectivity index (χ1) is 12.3. The van der Waals surface area contributed by atoms with Crippen LogP contribution in [0.5, 0.6) is 11.5 Å². The van der Waals surface area contributed by atoms with E-state index < -0.39 is 6.10 Å². The molecular weight excluding hydrogens is 316 g/mol. The Labute approximate surface area is 147 Å². The minimum absolute atomic E-state index is 0.175. The number of unbranched alkanes of at least 4 members (excludes halogenated alkanes) is 1. The quantitative estimate of drug-likeness (QED) is 0.647. The predicted molar refractivity (Wildman–Crippen MR) is 97.0 cm³/mol. The van der Waals surface area contributed by atoms with E-state index in [2.05, 4.69) is 17.5 Å². The molecule has 1 N–H and O–H groups in total. The van der Waals surface area contributed by atoms with Crippen LogP contribution in [-0.4, -0.2) is 24.3 Å². The number of hydrazone groups is 1. The van der Waals surface area contributed by atoms with Gasteiger partial charge < -0.3 is 9.47 Å². The summed E-state index contributed by atoms with van der Waals surface area (Å²) in [6, 6.07) is 17.2. The molecule has 0 aromatic heterocycles. The first-order valence-electron chi connectivity index (χ1n) is 8.58. The maximum atomic E-state index is 12.4. The molecule has 0 saturated carbocycles. The van der Waals surface area contributed by atoms with E-state index >= 15 is 0 Å². The Hall–Kier alpha value is -2.82. The molecule has 0 spiro atoms. The summed E-state index contributed by atoms with van der Waals surface area (Å²) in [4.78, 5) is 12.4. The predicted octanol–water partition coefficient (Wildman–Crippen LogP) is 3.54. The highest BCUT2D eigenvalue weighted by Gasteiger charge is 2.27. The molecule has 1 heterocycles. The average Bonchev–Trinajstić information content (AvgIpc) is 2.68. The summed E-state index contributed by atoms with van der Waals surface area (Å²) in [6.07, 6.45) is 2.18. The van der Waals surface area contributed by atoms with Crippen LogP contribution in [0.1, 0.15) is 31.7 Å². The highest BCUT2D eigenvalue weighted by Crippen LogP contribution is 2.30. The standard InChI is InChI=1S/C20H22N2O3/c1-2-3-11-16(15-9-5-4-6-10-15)21-22-20(23)19-14-24-17-12-7-8-13-18(17)25-19/h4-10,12-13,19H,2-3,11,14H2,1H3,(H,22,23)/b21-16-. The number of carbonyl (C=O) groups is 1. The molecule has 25 heavy (non-hydrogen) atoms. The summed E-state index contributed by atoms with van der Waals surface area (Å²) in [5.74, 6) is 0.926. The van der Waals surface area contributed by atoms with Gasteiger partial charge in [-0.2, -0.15) is 5.10 Å². The molecule has 2 aromatic carbocycles. The van der Waals surface area contributed by atoms with Crippen molar-refractivity contribution in [3.63, 3.8) is 0 Å². The van der Waals surface area contributed by atoms with Gasteiger partial charge in [0.2, 0.25) is 6.10 Å². The molecule has 0 bridgehead atoms. The second-order valence-corrected chi connectivity index (χ2v) is 5.87. The van der Waals surface area contributed by atoms with Crippen molar-refractivity contribution in [2.75, 3.05) is 6.61 Å². The van der Waals surface area contributed by atoms with Crippen molar-refractivity contribution in [3.05, 3.63) is 60.2 Å². The maximum absolute atomic E-state index is 12.4. The van der Waals surface area contributed by atoms with Gasteiger partial charge in [-0.15, -0.1) is 0 Å². The number of hydrogen-bond donors (Lipinski definition) is 1. The number of hydrogen-bond acceptors (Lipinski definition) is 4. The van der Waals surface area contributed by atoms with Crippen LogP contribution < -0.4 is 14.9 Å². The molecule has 130 valence electrons. The van der Waals surface area contributed by atoms with Crippen LogP contribution in [0.3, 0.4) is 0 Å². The second-order valence-electron chi connectivity index (χ2n) is 5.87. The summed E-state index contributed by atoms with van der Waals surface area (Å²) in [7, 11) is 0. The lowest BCUT2D eigenvalue weighted by molar-refractivity contribution is -0.130. The van der Waals surface area contributed by atoms with Gasteiger partial charge in [-0.05, 0) is 30.5 Å². The van der Waals surface area contributed by atoms with Gasteiger partial charge in [0.15, 0.2) is 11.5 Å². The highest BCUT2D eigenvalue weighted by atomic mass is 16.6. The summed E-state index contributed by atoms with van der Waals surface area (Å²) in [5, 5.41) is 4.34. The Kier molecular flexibility index (Phi) is 5.67. The van der Waals surface area contributed by atoms with Gasteiger partial charge in [0, 0.05) is 0 Å². The third-order valence-electron chi connectivity index (χ3n) is 3.98. The molecule has 2 aromatic rings. The lowest BCUT2D eigenvalue weighted by Crippen LogP contribution is -2.42. The zero-order valence-corrected chi connectivity index (χ0v) is 14.3. The Balaban J connectivity index is 1.67. The normalized spacial score (nSPS) is 16.4. The smallest absolute Gasteiger partial charge is 0.284 e. The van der Waals surface area contributed by atoms with E-state index in [1.807, 2.05) is 48.5 Å². The van der Waals surface area contributed by atoms with E-state index in [9.17, 15) is 4.79 Å². The van der Waals surface area contributed by atoms with Gasteiger partial charge in [-0.1, -0.05) is 55.8 Å². The van der Waals surface area contributed by atoms with Gasteiger partial charge >= 0.3 is 0 Å². The molecule has 3 rings (SSSR count). The molecule has 1 atom stereocenters. The van der Waals surface area contributed by atoms with Crippen LogP contribution in [-0.2, 0) is 4.79 Å². The third kappa shape index (κ3) is 4.38.